The molecule has 2 aromatic rings. The Kier molecular flexibility index (Phi) is 5.65. The van der Waals surface area contributed by atoms with Crippen LogP contribution in [-0.4, -0.2) is 33.2 Å². The van der Waals surface area contributed by atoms with Crippen LogP contribution in [0.4, 0.5) is 11.4 Å². The van der Waals surface area contributed by atoms with E-state index in [0.29, 0.717) is 11.4 Å². The Hall–Kier alpha value is -2.54. The molecule has 7 heteroatoms. The fourth-order valence-electron chi connectivity index (χ4n) is 3.41. The molecule has 3 rings (SSSR count). The number of hydrogen-bond acceptors (Lipinski definition) is 4. The summed E-state index contributed by atoms with van der Waals surface area (Å²) in [6, 6.07) is 12.8. The average molecular weight is 403 g/mol. The normalized spacial score (nSPS) is 16.9. The number of anilines is 2. The number of hydrogen-bond donors (Lipinski definition) is 1. The van der Waals surface area contributed by atoms with Crippen molar-refractivity contribution in [1.29, 1.82) is 0 Å². The van der Waals surface area contributed by atoms with Gasteiger partial charge in [0.05, 0.1) is 11.9 Å². The summed E-state index contributed by atoms with van der Waals surface area (Å²) in [5, 5.41) is 3.01. The molecule has 0 aromatic heterocycles. The fraction of sp³-hybridized carbons (Fsp3) is 0.381. The van der Waals surface area contributed by atoms with Gasteiger partial charge in [0.25, 0.3) is 5.91 Å². The fourth-order valence-corrected chi connectivity index (χ4v) is 4.35. The van der Waals surface area contributed by atoms with E-state index >= 15 is 0 Å². The predicted molar refractivity (Wildman–Crippen MR) is 112 cm³/mol. The number of fused-ring (bicyclic) bond motifs is 1. The number of ether oxygens (including phenoxy) is 1. The first kappa shape index (κ1) is 20.2. The Morgan fingerprint density at radius 1 is 1.18 bits per heavy atom. The maximum atomic E-state index is 13.0. The van der Waals surface area contributed by atoms with Crippen molar-refractivity contribution in [3.05, 3.63) is 53.6 Å². The zero-order valence-corrected chi connectivity index (χ0v) is 17.4. The van der Waals surface area contributed by atoms with E-state index in [1.807, 2.05) is 25.1 Å². The van der Waals surface area contributed by atoms with E-state index in [4.69, 9.17) is 4.74 Å². The van der Waals surface area contributed by atoms with Crippen LogP contribution < -0.4 is 14.4 Å². The third-order valence-electron chi connectivity index (χ3n) is 4.87. The van der Waals surface area contributed by atoms with Crippen molar-refractivity contribution in [2.45, 2.75) is 39.2 Å². The highest BCUT2D eigenvalue weighted by Crippen LogP contribution is 2.34. The number of nitrogens with one attached hydrogen (secondary N) is 1. The zero-order valence-electron chi connectivity index (χ0n) is 16.6. The van der Waals surface area contributed by atoms with E-state index in [1.165, 1.54) is 4.31 Å². The number of amides is 1. The van der Waals surface area contributed by atoms with Crippen LogP contribution in [0.2, 0.25) is 0 Å². The molecular weight excluding hydrogens is 376 g/mol. The third kappa shape index (κ3) is 4.14. The Morgan fingerprint density at radius 3 is 2.57 bits per heavy atom. The summed E-state index contributed by atoms with van der Waals surface area (Å²) in [7, 11) is -3.47. The first-order valence-corrected chi connectivity index (χ1v) is 11.2. The molecule has 0 spiro atoms. The van der Waals surface area contributed by atoms with Gasteiger partial charge in [0.15, 0.2) is 6.10 Å². The van der Waals surface area contributed by atoms with E-state index in [2.05, 4.69) is 19.2 Å². The van der Waals surface area contributed by atoms with Crippen molar-refractivity contribution < 1.29 is 17.9 Å². The Morgan fingerprint density at radius 2 is 1.89 bits per heavy atom. The SMILES string of the molecule is Cc1cccc(C(C)C)c1NC(=O)[C@H]1CCN(S(C)(=O)=O)c2ccccc2O1. The second-order valence-electron chi connectivity index (χ2n) is 7.38. The van der Waals surface area contributed by atoms with Crippen molar-refractivity contribution in [3.63, 3.8) is 0 Å². The van der Waals surface area contributed by atoms with E-state index in [-0.39, 0.29) is 24.8 Å². The molecule has 2 aromatic carbocycles. The van der Waals surface area contributed by atoms with Crippen LogP contribution in [0.5, 0.6) is 5.75 Å². The predicted octanol–water partition coefficient (Wildman–Crippen LogP) is 3.67. The number of carbonyl (C=O) groups excluding carboxylic acids is 1. The lowest BCUT2D eigenvalue weighted by Gasteiger charge is -2.20. The highest BCUT2D eigenvalue weighted by atomic mass is 32.2. The first-order valence-electron chi connectivity index (χ1n) is 9.32. The van der Waals surface area contributed by atoms with Crippen molar-refractivity contribution in [2.24, 2.45) is 0 Å². The quantitative estimate of drug-likeness (QED) is 0.847. The van der Waals surface area contributed by atoms with E-state index in [9.17, 15) is 13.2 Å². The molecule has 1 amide bonds. The van der Waals surface area contributed by atoms with Crippen molar-refractivity contribution in [3.8, 4) is 5.75 Å². The molecule has 0 unspecified atom stereocenters. The minimum Gasteiger partial charge on any atom is -0.478 e. The van der Waals surface area contributed by atoms with Crippen LogP contribution in [0.25, 0.3) is 0 Å². The second-order valence-corrected chi connectivity index (χ2v) is 9.29. The number of carbonyl (C=O) groups is 1. The molecule has 1 aliphatic rings. The molecule has 1 heterocycles. The van der Waals surface area contributed by atoms with Gasteiger partial charge in [-0.1, -0.05) is 44.2 Å². The molecule has 0 saturated carbocycles. The minimum absolute atomic E-state index is 0.179. The molecule has 0 bridgehead atoms. The number of benzene rings is 2. The number of para-hydroxylation sites is 3. The van der Waals surface area contributed by atoms with Crippen LogP contribution in [-0.2, 0) is 14.8 Å². The van der Waals surface area contributed by atoms with Gasteiger partial charge in [-0.05, 0) is 36.1 Å². The van der Waals surface area contributed by atoms with Crippen molar-refractivity contribution >= 4 is 27.3 Å². The van der Waals surface area contributed by atoms with E-state index < -0.39 is 16.1 Å². The maximum Gasteiger partial charge on any atom is 0.265 e. The standard InChI is InChI=1S/C21H26N2O4S/c1-14(2)16-9-7-8-15(3)20(16)22-21(24)19-12-13-23(28(4,25)26)17-10-5-6-11-18(17)27-19/h5-11,14,19H,12-13H2,1-4H3,(H,22,24)/t19-/m1/s1. The van der Waals surface area contributed by atoms with Gasteiger partial charge < -0.3 is 10.1 Å². The number of sulfonamides is 1. The number of aryl methyl sites for hydroxylation is 1. The van der Waals surface area contributed by atoms with Gasteiger partial charge in [-0.2, -0.15) is 0 Å². The molecule has 0 aliphatic carbocycles. The highest BCUT2D eigenvalue weighted by molar-refractivity contribution is 7.92. The Labute approximate surface area is 166 Å². The summed E-state index contributed by atoms with van der Waals surface area (Å²) in [4.78, 5) is 13.0. The summed E-state index contributed by atoms with van der Waals surface area (Å²) in [5.74, 6) is 0.368. The van der Waals surface area contributed by atoms with Crippen LogP contribution in [0.3, 0.4) is 0 Å². The summed E-state index contributed by atoms with van der Waals surface area (Å²) in [6.45, 7) is 6.29. The monoisotopic (exact) mass is 402 g/mol. The average Bonchev–Trinajstić information content (AvgIpc) is 2.82. The molecule has 28 heavy (non-hydrogen) atoms. The van der Waals surface area contributed by atoms with E-state index in [1.54, 1.807) is 24.3 Å². The molecule has 1 N–H and O–H groups in total. The molecule has 0 radical (unpaired) electrons. The van der Waals surface area contributed by atoms with Crippen LogP contribution in [0.15, 0.2) is 42.5 Å². The summed E-state index contributed by atoms with van der Waals surface area (Å²) in [6.07, 6.45) is 0.635. The highest BCUT2D eigenvalue weighted by Gasteiger charge is 2.31. The molecule has 6 nitrogen and oxygen atoms in total. The number of rotatable bonds is 4. The number of nitrogens with zero attached hydrogens (tertiary/aromatic N) is 1. The lowest BCUT2D eigenvalue weighted by Crippen LogP contribution is -2.36. The van der Waals surface area contributed by atoms with Gasteiger partial charge in [0.2, 0.25) is 10.0 Å². The maximum absolute atomic E-state index is 13.0. The van der Waals surface area contributed by atoms with Gasteiger partial charge in [-0.15, -0.1) is 0 Å². The van der Waals surface area contributed by atoms with Gasteiger partial charge >= 0.3 is 0 Å². The van der Waals surface area contributed by atoms with Crippen LogP contribution in [0.1, 0.15) is 37.3 Å². The molecular formula is C21H26N2O4S. The largest absolute Gasteiger partial charge is 0.478 e. The van der Waals surface area contributed by atoms with Gasteiger partial charge in [-0.25, -0.2) is 8.42 Å². The lowest BCUT2D eigenvalue weighted by molar-refractivity contribution is -0.122. The van der Waals surface area contributed by atoms with E-state index in [0.717, 1.165) is 23.1 Å². The van der Waals surface area contributed by atoms with Crippen molar-refractivity contribution in [1.82, 2.24) is 0 Å². The van der Waals surface area contributed by atoms with Crippen molar-refractivity contribution in [2.75, 3.05) is 22.4 Å². The zero-order chi connectivity index (χ0) is 20.5. The van der Waals surface area contributed by atoms with Crippen LogP contribution in [0, 0.1) is 6.92 Å². The molecule has 150 valence electrons. The van der Waals surface area contributed by atoms with Gasteiger partial charge in [0, 0.05) is 18.7 Å². The minimum atomic E-state index is -3.47. The smallest absolute Gasteiger partial charge is 0.265 e. The lowest BCUT2D eigenvalue weighted by atomic mass is 9.98. The summed E-state index contributed by atoms with van der Waals surface area (Å²) in [5.41, 5.74) is 3.29. The van der Waals surface area contributed by atoms with Gasteiger partial charge in [0.1, 0.15) is 5.75 Å². The van der Waals surface area contributed by atoms with Crippen LogP contribution >= 0.6 is 0 Å². The second kappa shape index (κ2) is 7.83. The third-order valence-corrected chi connectivity index (χ3v) is 6.05. The summed E-state index contributed by atoms with van der Waals surface area (Å²) < 4.78 is 31.6. The molecule has 0 fully saturated rings. The topological polar surface area (TPSA) is 75.7 Å². The van der Waals surface area contributed by atoms with Gasteiger partial charge in [-0.3, -0.25) is 9.10 Å². The first-order chi connectivity index (χ1) is 13.2. The Balaban J connectivity index is 1.89. The summed E-state index contributed by atoms with van der Waals surface area (Å²) >= 11 is 0. The Bertz CT molecular complexity index is 986. The molecule has 0 saturated heterocycles. The molecule has 1 aliphatic heterocycles. The molecule has 1 atom stereocenters.